The number of anilines is 2. The molecule has 1 amide bonds. The lowest BCUT2D eigenvalue weighted by Gasteiger charge is -2.45. The third-order valence-corrected chi connectivity index (χ3v) is 7.34. The standard InChI is InChI=1S/C29H30F2N4O3/c1-4-26(36)22-14-23-24(35-9-10-38-16-25(22)35)11-19(15-33-23)21-13-20(6-5-17(21)2)34-28(37)18-7-8-32-27(12-18)29(3,30)31/h5-8,11-13,15,22,25H,4,9-10,14,16H2,1-3H3,(H,34,37). The van der Waals surface area contributed by atoms with E-state index in [-0.39, 0.29) is 23.3 Å². The van der Waals surface area contributed by atoms with E-state index in [1.165, 1.54) is 12.3 Å². The average molecular weight is 521 g/mol. The fraction of sp³-hybridized carbons (Fsp3) is 0.379. The molecule has 2 aliphatic rings. The van der Waals surface area contributed by atoms with Crippen molar-refractivity contribution in [2.45, 2.75) is 45.6 Å². The molecule has 2 atom stereocenters. The molecular formula is C29H30F2N4O3. The zero-order valence-corrected chi connectivity index (χ0v) is 21.6. The number of alkyl halides is 2. The van der Waals surface area contributed by atoms with Crippen LogP contribution in [0.2, 0.25) is 0 Å². The van der Waals surface area contributed by atoms with Crippen LogP contribution in [0, 0.1) is 12.8 Å². The molecule has 1 saturated heterocycles. The van der Waals surface area contributed by atoms with Gasteiger partial charge in [0.25, 0.3) is 11.8 Å². The number of nitrogens with one attached hydrogen (secondary N) is 1. The summed E-state index contributed by atoms with van der Waals surface area (Å²) >= 11 is 0. The number of benzene rings is 1. The van der Waals surface area contributed by atoms with Gasteiger partial charge in [0.1, 0.15) is 11.5 Å². The van der Waals surface area contributed by atoms with Crippen molar-refractivity contribution in [2.75, 3.05) is 30.0 Å². The second-order valence-electron chi connectivity index (χ2n) is 9.96. The van der Waals surface area contributed by atoms with Crippen molar-refractivity contribution < 1.29 is 23.1 Å². The number of hydrogen-bond acceptors (Lipinski definition) is 6. The molecule has 3 aromatic rings. The molecule has 198 valence electrons. The number of carbonyl (C=O) groups is 2. The highest BCUT2D eigenvalue weighted by Gasteiger charge is 2.40. The van der Waals surface area contributed by atoms with E-state index < -0.39 is 17.5 Å². The summed E-state index contributed by atoms with van der Waals surface area (Å²) in [5, 5.41) is 2.81. The van der Waals surface area contributed by atoms with Gasteiger partial charge in [-0.15, -0.1) is 0 Å². The molecule has 4 heterocycles. The van der Waals surface area contributed by atoms with Crippen LogP contribution >= 0.6 is 0 Å². The second kappa shape index (κ2) is 10.2. The topological polar surface area (TPSA) is 84.4 Å². The first-order valence-electron chi connectivity index (χ1n) is 12.8. The molecule has 2 aliphatic heterocycles. The van der Waals surface area contributed by atoms with Gasteiger partial charge in [-0.1, -0.05) is 13.0 Å². The average Bonchev–Trinajstić information content (AvgIpc) is 2.92. The first kappa shape index (κ1) is 25.9. The lowest BCUT2D eigenvalue weighted by atomic mass is 9.83. The van der Waals surface area contributed by atoms with E-state index >= 15 is 0 Å². The van der Waals surface area contributed by atoms with Gasteiger partial charge in [0.15, 0.2) is 0 Å². The summed E-state index contributed by atoms with van der Waals surface area (Å²) in [4.78, 5) is 36.2. The number of amides is 1. The number of carbonyl (C=O) groups excluding carboxylic acids is 2. The minimum Gasteiger partial charge on any atom is -0.377 e. The molecule has 0 spiro atoms. The highest BCUT2D eigenvalue weighted by Crippen LogP contribution is 2.38. The van der Waals surface area contributed by atoms with E-state index in [0.29, 0.717) is 38.3 Å². The van der Waals surface area contributed by atoms with Crippen molar-refractivity contribution in [3.8, 4) is 11.1 Å². The van der Waals surface area contributed by atoms with Gasteiger partial charge < -0.3 is 15.0 Å². The second-order valence-corrected chi connectivity index (χ2v) is 9.96. The van der Waals surface area contributed by atoms with Gasteiger partial charge in [-0.05, 0) is 48.4 Å². The molecule has 0 aliphatic carbocycles. The van der Waals surface area contributed by atoms with Crippen LogP contribution < -0.4 is 10.2 Å². The molecular weight excluding hydrogens is 490 g/mol. The van der Waals surface area contributed by atoms with E-state index in [9.17, 15) is 18.4 Å². The maximum absolute atomic E-state index is 13.7. The number of hydrogen-bond donors (Lipinski definition) is 1. The third kappa shape index (κ3) is 5.03. The molecule has 1 aromatic carbocycles. The fourth-order valence-electron chi connectivity index (χ4n) is 5.25. The lowest BCUT2D eigenvalue weighted by molar-refractivity contribution is -0.124. The number of nitrogens with zero attached hydrogens (tertiary/aromatic N) is 3. The number of fused-ring (bicyclic) bond motifs is 3. The lowest BCUT2D eigenvalue weighted by Crippen LogP contribution is -2.55. The molecule has 9 heteroatoms. The molecule has 2 aromatic heterocycles. The van der Waals surface area contributed by atoms with E-state index in [1.807, 2.05) is 26.0 Å². The summed E-state index contributed by atoms with van der Waals surface area (Å²) in [5.41, 5.74) is 4.87. The van der Waals surface area contributed by atoms with Crippen LogP contribution in [0.25, 0.3) is 11.1 Å². The van der Waals surface area contributed by atoms with Gasteiger partial charge in [0.2, 0.25) is 0 Å². The number of morpholine rings is 1. The Kier molecular flexibility index (Phi) is 6.96. The van der Waals surface area contributed by atoms with E-state index in [1.54, 1.807) is 12.3 Å². The van der Waals surface area contributed by atoms with Crippen molar-refractivity contribution >= 4 is 23.1 Å². The highest BCUT2D eigenvalue weighted by molar-refractivity contribution is 6.04. The normalized spacial score (nSPS) is 18.9. The fourth-order valence-corrected chi connectivity index (χ4v) is 5.25. The van der Waals surface area contributed by atoms with Crippen molar-refractivity contribution in [2.24, 2.45) is 5.92 Å². The summed E-state index contributed by atoms with van der Waals surface area (Å²) < 4.78 is 33.1. The van der Waals surface area contributed by atoms with Crippen molar-refractivity contribution in [3.05, 3.63) is 71.3 Å². The van der Waals surface area contributed by atoms with Crippen molar-refractivity contribution in [3.63, 3.8) is 0 Å². The number of Topliss-reactive ketones (excluding diaryl/α,β-unsaturated/α-hetero) is 1. The van der Waals surface area contributed by atoms with Crippen molar-refractivity contribution in [1.82, 2.24) is 9.97 Å². The van der Waals surface area contributed by atoms with Gasteiger partial charge in [-0.3, -0.25) is 19.6 Å². The highest BCUT2D eigenvalue weighted by atomic mass is 19.3. The summed E-state index contributed by atoms with van der Waals surface area (Å²) in [6, 6.07) is 10.1. The number of aromatic nitrogens is 2. The molecule has 2 unspecified atom stereocenters. The summed E-state index contributed by atoms with van der Waals surface area (Å²) in [7, 11) is 0. The van der Waals surface area contributed by atoms with Crippen molar-refractivity contribution in [1.29, 1.82) is 0 Å². The van der Waals surface area contributed by atoms with Gasteiger partial charge in [0.05, 0.1) is 30.6 Å². The number of ketones is 1. The van der Waals surface area contributed by atoms with E-state index in [0.717, 1.165) is 41.1 Å². The first-order valence-corrected chi connectivity index (χ1v) is 12.8. The zero-order valence-electron chi connectivity index (χ0n) is 21.6. The SMILES string of the molecule is CCC(=O)C1Cc2ncc(-c3cc(NC(=O)c4ccnc(C(C)(F)F)c4)ccc3C)cc2N2CCOCC12. The number of aryl methyl sites for hydroxylation is 1. The Balaban J connectivity index is 1.44. The Labute approximate surface area is 220 Å². The Morgan fingerprint density at radius 2 is 2.00 bits per heavy atom. The van der Waals surface area contributed by atoms with Crippen LogP contribution in [-0.4, -0.2) is 47.5 Å². The van der Waals surface area contributed by atoms with E-state index in [2.05, 4.69) is 21.3 Å². The Hall–Kier alpha value is -3.72. The molecule has 0 saturated carbocycles. The molecule has 5 rings (SSSR count). The van der Waals surface area contributed by atoms with Crippen LogP contribution in [0.3, 0.4) is 0 Å². The smallest absolute Gasteiger partial charge is 0.286 e. The zero-order chi connectivity index (χ0) is 27.0. The molecule has 0 bridgehead atoms. The van der Waals surface area contributed by atoms with Crippen LogP contribution in [0.1, 0.15) is 47.6 Å². The number of ether oxygens (including phenoxy) is 1. The maximum atomic E-state index is 13.7. The summed E-state index contributed by atoms with van der Waals surface area (Å²) in [6.45, 7) is 6.42. The Morgan fingerprint density at radius 1 is 1.18 bits per heavy atom. The molecule has 1 fully saturated rings. The predicted octanol–water partition coefficient (Wildman–Crippen LogP) is 5.17. The van der Waals surface area contributed by atoms with Crippen LogP contribution in [0.5, 0.6) is 0 Å². The van der Waals surface area contributed by atoms with Gasteiger partial charge >= 0.3 is 0 Å². The van der Waals surface area contributed by atoms with Crippen LogP contribution in [0.15, 0.2) is 48.8 Å². The Bertz CT molecular complexity index is 1390. The van der Waals surface area contributed by atoms with E-state index in [4.69, 9.17) is 9.72 Å². The molecule has 38 heavy (non-hydrogen) atoms. The van der Waals surface area contributed by atoms with Crippen LogP contribution in [0.4, 0.5) is 20.2 Å². The Morgan fingerprint density at radius 3 is 2.76 bits per heavy atom. The summed E-state index contributed by atoms with van der Waals surface area (Å²) in [6.07, 6.45) is 4.09. The van der Waals surface area contributed by atoms with Gasteiger partial charge in [-0.25, -0.2) is 0 Å². The third-order valence-electron chi connectivity index (χ3n) is 7.34. The quantitative estimate of drug-likeness (QED) is 0.483. The largest absolute Gasteiger partial charge is 0.377 e. The van der Waals surface area contributed by atoms with Crippen LogP contribution in [-0.2, 0) is 21.9 Å². The molecule has 0 radical (unpaired) electrons. The minimum atomic E-state index is -3.14. The monoisotopic (exact) mass is 520 g/mol. The van der Waals surface area contributed by atoms with Gasteiger partial charge in [0, 0.05) is 61.4 Å². The number of rotatable bonds is 6. The molecule has 7 nitrogen and oxygen atoms in total. The first-order chi connectivity index (χ1) is 18.2. The molecule has 1 N–H and O–H groups in total. The predicted molar refractivity (Wildman–Crippen MR) is 141 cm³/mol. The minimum absolute atomic E-state index is 0.00628. The van der Waals surface area contributed by atoms with Gasteiger partial charge in [-0.2, -0.15) is 8.78 Å². The number of halogens is 2. The summed E-state index contributed by atoms with van der Waals surface area (Å²) in [5.74, 6) is -3.55. The maximum Gasteiger partial charge on any atom is 0.286 e. The number of pyridine rings is 2.